The zero-order valence-electron chi connectivity index (χ0n) is 18.3. The number of aryl methyl sites for hydroxylation is 2. The number of amides is 4. The fraction of sp³-hybridized carbons (Fsp3) is 0.391. The zero-order valence-corrected chi connectivity index (χ0v) is 18.3. The summed E-state index contributed by atoms with van der Waals surface area (Å²) < 4.78 is 13.7. The van der Waals surface area contributed by atoms with Gasteiger partial charge in [0.2, 0.25) is 0 Å². The van der Waals surface area contributed by atoms with Crippen LogP contribution in [-0.4, -0.2) is 60.1 Å². The summed E-state index contributed by atoms with van der Waals surface area (Å²) in [5.41, 5.74) is 1.20. The van der Waals surface area contributed by atoms with Crippen molar-refractivity contribution >= 4 is 23.7 Å². The molecule has 9 heteroatoms. The van der Waals surface area contributed by atoms with Crippen molar-refractivity contribution in [1.29, 1.82) is 0 Å². The molecule has 4 amide bonds. The number of rotatable bonds is 4. The van der Waals surface area contributed by atoms with Gasteiger partial charge < -0.3 is 15.1 Å². The van der Waals surface area contributed by atoms with Crippen LogP contribution in [0.4, 0.5) is 15.0 Å². The van der Waals surface area contributed by atoms with Gasteiger partial charge in [-0.25, -0.2) is 14.2 Å². The lowest BCUT2D eigenvalue weighted by atomic mass is 9.90. The third-order valence-electron chi connectivity index (χ3n) is 6.14. The number of halogens is 1. The Morgan fingerprint density at radius 2 is 1.94 bits per heavy atom. The maximum Gasteiger partial charge on any atom is 0.322 e. The molecule has 0 saturated carbocycles. The number of nitrogens with one attached hydrogen (secondary N) is 2. The van der Waals surface area contributed by atoms with Gasteiger partial charge in [0.15, 0.2) is 5.54 Å². The highest BCUT2D eigenvalue weighted by Gasteiger charge is 2.48. The Kier molecular flexibility index (Phi) is 5.58. The number of aromatic nitrogens is 1. The van der Waals surface area contributed by atoms with Crippen LogP contribution in [0.5, 0.6) is 0 Å². The van der Waals surface area contributed by atoms with Crippen molar-refractivity contribution in [3.8, 4) is 0 Å². The van der Waals surface area contributed by atoms with E-state index >= 15 is 0 Å². The predicted octanol–water partition coefficient (Wildman–Crippen LogP) is 2.05. The van der Waals surface area contributed by atoms with Gasteiger partial charge in [0.1, 0.15) is 12.5 Å². The lowest BCUT2D eigenvalue weighted by molar-refractivity contribution is -0.124. The SMILES string of the molecule is Cc1cnc(N2CCN(C(=O)c3ccc(C4(CF)NC(=O)NC4=O)cc3)[C@H](C)C2)c(C)c1. The first-order valence-electron chi connectivity index (χ1n) is 10.5. The minimum absolute atomic E-state index is 0.0319. The molecule has 2 N–H and O–H groups in total. The molecule has 2 aromatic rings. The van der Waals surface area contributed by atoms with Crippen LogP contribution < -0.4 is 15.5 Å². The van der Waals surface area contributed by atoms with Gasteiger partial charge in [-0.2, -0.15) is 0 Å². The molecule has 2 fully saturated rings. The largest absolute Gasteiger partial charge is 0.353 e. The molecule has 1 unspecified atom stereocenters. The number of hydrogen-bond donors (Lipinski definition) is 2. The molecular formula is C23H26FN5O3. The quantitative estimate of drug-likeness (QED) is 0.711. The van der Waals surface area contributed by atoms with E-state index in [1.165, 1.54) is 12.1 Å². The number of anilines is 1. The van der Waals surface area contributed by atoms with Crippen LogP contribution in [0.1, 0.15) is 34.0 Å². The predicted molar refractivity (Wildman–Crippen MR) is 117 cm³/mol. The Balaban J connectivity index is 1.48. The monoisotopic (exact) mass is 439 g/mol. The Bertz CT molecular complexity index is 1070. The average molecular weight is 439 g/mol. The Morgan fingerprint density at radius 3 is 2.50 bits per heavy atom. The maximum absolute atomic E-state index is 13.7. The van der Waals surface area contributed by atoms with Gasteiger partial charge in [-0.3, -0.25) is 14.9 Å². The highest BCUT2D eigenvalue weighted by atomic mass is 19.1. The molecule has 1 aromatic heterocycles. The summed E-state index contributed by atoms with van der Waals surface area (Å²) >= 11 is 0. The van der Waals surface area contributed by atoms with Gasteiger partial charge in [-0.05, 0) is 49.6 Å². The second-order valence-electron chi connectivity index (χ2n) is 8.47. The standard InChI is InChI=1S/C23H26FN5O3/c1-14-10-15(2)19(25-11-14)28-8-9-29(16(3)12-28)20(30)17-4-6-18(7-5-17)23(13-24)21(31)26-22(32)27-23/h4-7,10-11,16H,8-9,12-13H2,1-3H3,(H2,26,27,31,32)/t16-,23?/m1/s1. The molecule has 0 bridgehead atoms. The first kappa shape index (κ1) is 21.7. The van der Waals surface area contributed by atoms with Gasteiger partial charge in [0.25, 0.3) is 11.8 Å². The average Bonchev–Trinajstić information content (AvgIpc) is 3.07. The van der Waals surface area contributed by atoms with Crippen LogP contribution in [0.2, 0.25) is 0 Å². The molecule has 0 aliphatic carbocycles. The molecule has 0 radical (unpaired) electrons. The van der Waals surface area contributed by atoms with Crippen molar-refractivity contribution < 1.29 is 18.8 Å². The van der Waals surface area contributed by atoms with Crippen molar-refractivity contribution in [3.63, 3.8) is 0 Å². The van der Waals surface area contributed by atoms with E-state index in [0.717, 1.165) is 16.9 Å². The van der Waals surface area contributed by atoms with Gasteiger partial charge in [0, 0.05) is 37.4 Å². The number of hydrogen-bond acceptors (Lipinski definition) is 5. The normalized spacial score (nSPS) is 23.2. The molecule has 32 heavy (non-hydrogen) atoms. The lowest BCUT2D eigenvalue weighted by Gasteiger charge is -2.41. The summed E-state index contributed by atoms with van der Waals surface area (Å²) in [4.78, 5) is 45.3. The number of piperazine rings is 1. The maximum atomic E-state index is 13.7. The van der Waals surface area contributed by atoms with Crippen LogP contribution in [0.3, 0.4) is 0 Å². The summed E-state index contributed by atoms with van der Waals surface area (Å²) in [6, 6.07) is 7.49. The van der Waals surface area contributed by atoms with E-state index in [1.54, 1.807) is 12.1 Å². The van der Waals surface area contributed by atoms with E-state index in [9.17, 15) is 18.8 Å². The van der Waals surface area contributed by atoms with Crippen LogP contribution in [-0.2, 0) is 10.3 Å². The first-order valence-corrected chi connectivity index (χ1v) is 10.5. The van der Waals surface area contributed by atoms with Gasteiger partial charge in [-0.1, -0.05) is 18.2 Å². The number of carbonyl (C=O) groups is 3. The molecule has 3 heterocycles. The van der Waals surface area contributed by atoms with Crippen LogP contribution >= 0.6 is 0 Å². The molecule has 168 valence electrons. The van der Waals surface area contributed by atoms with Crippen molar-refractivity contribution in [2.75, 3.05) is 31.2 Å². The number of nitrogens with zero attached hydrogens (tertiary/aromatic N) is 3. The highest BCUT2D eigenvalue weighted by molar-refractivity contribution is 6.07. The fourth-order valence-corrected chi connectivity index (χ4v) is 4.42. The lowest BCUT2D eigenvalue weighted by Crippen LogP contribution is -2.54. The minimum Gasteiger partial charge on any atom is -0.353 e. The van der Waals surface area contributed by atoms with Gasteiger partial charge in [0.05, 0.1) is 0 Å². The molecule has 2 aliphatic heterocycles. The van der Waals surface area contributed by atoms with Crippen molar-refractivity contribution in [1.82, 2.24) is 20.5 Å². The second-order valence-corrected chi connectivity index (χ2v) is 8.47. The van der Waals surface area contributed by atoms with E-state index in [4.69, 9.17) is 0 Å². The topological polar surface area (TPSA) is 94.6 Å². The second kappa shape index (κ2) is 8.22. The summed E-state index contributed by atoms with van der Waals surface area (Å²) in [5, 5.41) is 4.41. The fourth-order valence-electron chi connectivity index (χ4n) is 4.42. The molecule has 8 nitrogen and oxygen atoms in total. The molecule has 2 saturated heterocycles. The summed E-state index contributed by atoms with van der Waals surface area (Å²) in [6.45, 7) is 6.85. The van der Waals surface area contributed by atoms with Crippen molar-refractivity contribution in [3.05, 3.63) is 58.8 Å². The van der Waals surface area contributed by atoms with Crippen molar-refractivity contribution in [2.45, 2.75) is 32.4 Å². The van der Waals surface area contributed by atoms with Crippen molar-refractivity contribution in [2.24, 2.45) is 0 Å². The number of benzene rings is 1. The Hall–Kier alpha value is -3.49. The number of imide groups is 1. The number of carbonyl (C=O) groups excluding carboxylic acids is 3. The first-order chi connectivity index (χ1) is 15.2. The van der Waals surface area contributed by atoms with E-state index in [0.29, 0.717) is 30.8 Å². The smallest absolute Gasteiger partial charge is 0.322 e. The van der Waals surface area contributed by atoms with E-state index in [2.05, 4.69) is 26.6 Å². The minimum atomic E-state index is -1.75. The zero-order chi connectivity index (χ0) is 23.0. The summed E-state index contributed by atoms with van der Waals surface area (Å²) in [7, 11) is 0. The van der Waals surface area contributed by atoms with Crippen LogP contribution in [0, 0.1) is 13.8 Å². The molecule has 4 rings (SSSR count). The Morgan fingerprint density at radius 1 is 1.22 bits per heavy atom. The van der Waals surface area contributed by atoms with Crippen LogP contribution in [0.15, 0.2) is 36.5 Å². The number of urea groups is 1. The third kappa shape index (κ3) is 3.68. The van der Waals surface area contributed by atoms with E-state index in [-0.39, 0.29) is 11.9 Å². The van der Waals surface area contributed by atoms with Crippen LogP contribution in [0.25, 0.3) is 0 Å². The third-order valence-corrected chi connectivity index (χ3v) is 6.14. The van der Waals surface area contributed by atoms with E-state index in [1.807, 2.05) is 31.9 Å². The highest BCUT2D eigenvalue weighted by Crippen LogP contribution is 2.27. The summed E-state index contributed by atoms with van der Waals surface area (Å²) in [6.07, 6.45) is 1.85. The molecular weight excluding hydrogens is 413 g/mol. The summed E-state index contributed by atoms with van der Waals surface area (Å²) in [5.74, 6) is 0.0626. The number of pyridine rings is 1. The van der Waals surface area contributed by atoms with Gasteiger partial charge in [-0.15, -0.1) is 0 Å². The molecule has 1 aromatic carbocycles. The number of alkyl halides is 1. The molecule has 2 atom stereocenters. The van der Waals surface area contributed by atoms with Gasteiger partial charge >= 0.3 is 6.03 Å². The Labute approximate surface area is 185 Å². The molecule has 2 aliphatic rings. The molecule has 0 spiro atoms. The van der Waals surface area contributed by atoms with E-state index < -0.39 is 24.2 Å².